The Hall–Kier alpha value is -3.25. The first-order chi connectivity index (χ1) is 15.8. The normalized spacial score (nSPS) is 11.0. The quantitative estimate of drug-likeness (QED) is 0.222. The van der Waals surface area contributed by atoms with Gasteiger partial charge < -0.3 is 19.4 Å². The van der Waals surface area contributed by atoms with E-state index < -0.39 is 17.3 Å². The van der Waals surface area contributed by atoms with Crippen LogP contribution in [0.25, 0.3) is 22.5 Å². The summed E-state index contributed by atoms with van der Waals surface area (Å²) in [6, 6.07) is 15.4. The second kappa shape index (κ2) is 10.3. The van der Waals surface area contributed by atoms with Gasteiger partial charge in [0.1, 0.15) is 23.4 Å². The average molecular weight is 642 g/mol. The van der Waals surface area contributed by atoms with Crippen LogP contribution in [-0.4, -0.2) is 34.2 Å². The molecule has 0 radical (unpaired) electrons. The maximum Gasteiger partial charge on any atom is 2.00 e. The predicted octanol–water partition coefficient (Wildman–Crippen LogP) is 4.82. The summed E-state index contributed by atoms with van der Waals surface area (Å²) < 4.78 is 39.6. The Kier molecular flexibility index (Phi) is 7.72. The maximum absolute atomic E-state index is 14.3. The van der Waals surface area contributed by atoms with Gasteiger partial charge in [-0.2, -0.15) is 0 Å². The standard InChI is InChI=1S/C25H20F2N4O2.Pt/c1-25(2,21-13-15(32-3)11-19(30-21)17-7-5-9-28-23(17)26)22-14-16(33-4)12-20(31-22)18-8-6-10-29-24(18)27;/h5-6,9-14H,1-4H3;/q-2;+2. The molecule has 4 aromatic rings. The van der Waals surface area contributed by atoms with Crippen LogP contribution in [0, 0.1) is 24.0 Å². The number of rotatable bonds is 6. The monoisotopic (exact) mass is 641 g/mol. The van der Waals surface area contributed by atoms with Crippen molar-refractivity contribution in [2.75, 3.05) is 14.2 Å². The molecule has 0 bridgehead atoms. The van der Waals surface area contributed by atoms with Crippen LogP contribution in [0.2, 0.25) is 0 Å². The number of hydrogen-bond donors (Lipinski definition) is 0. The Balaban J connectivity index is 0.00000324. The van der Waals surface area contributed by atoms with Crippen LogP contribution in [0.4, 0.5) is 8.78 Å². The summed E-state index contributed by atoms with van der Waals surface area (Å²) in [6.07, 6.45) is 2.64. The average Bonchev–Trinajstić information content (AvgIpc) is 2.84. The minimum absolute atomic E-state index is 0. The van der Waals surface area contributed by atoms with E-state index in [-0.39, 0.29) is 32.2 Å². The third kappa shape index (κ3) is 4.97. The van der Waals surface area contributed by atoms with E-state index >= 15 is 0 Å². The van der Waals surface area contributed by atoms with Gasteiger partial charge in [-0.3, -0.25) is 9.97 Å². The molecule has 176 valence electrons. The van der Waals surface area contributed by atoms with Gasteiger partial charge in [-0.15, -0.1) is 24.3 Å². The van der Waals surface area contributed by atoms with Crippen molar-refractivity contribution in [1.29, 1.82) is 0 Å². The summed E-state index contributed by atoms with van der Waals surface area (Å²) in [6.45, 7) is 3.80. The zero-order chi connectivity index (χ0) is 23.6. The second-order valence-corrected chi connectivity index (χ2v) is 7.69. The van der Waals surface area contributed by atoms with E-state index in [0.29, 0.717) is 34.3 Å². The molecule has 4 heterocycles. The van der Waals surface area contributed by atoms with E-state index in [1.54, 1.807) is 24.3 Å². The van der Waals surface area contributed by atoms with Crippen LogP contribution >= 0.6 is 0 Å². The first-order valence-corrected chi connectivity index (χ1v) is 10.0. The molecule has 0 unspecified atom stereocenters. The number of aromatic nitrogens is 4. The van der Waals surface area contributed by atoms with Crippen LogP contribution in [0.5, 0.6) is 11.5 Å². The minimum Gasteiger partial charge on any atom is -0.497 e. The molecule has 4 aromatic heterocycles. The van der Waals surface area contributed by atoms with Gasteiger partial charge in [-0.25, -0.2) is 8.78 Å². The van der Waals surface area contributed by atoms with Crippen LogP contribution in [-0.2, 0) is 26.5 Å². The van der Waals surface area contributed by atoms with Gasteiger partial charge in [-0.1, -0.05) is 23.5 Å². The Morgan fingerprint density at radius 3 is 1.50 bits per heavy atom. The van der Waals surface area contributed by atoms with E-state index in [2.05, 4.69) is 32.1 Å². The molecule has 0 aliphatic rings. The first-order valence-electron chi connectivity index (χ1n) is 10.0. The molecule has 0 saturated carbocycles. The summed E-state index contributed by atoms with van der Waals surface area (Å²) in [4.78, 5) is 16.7. The van der Waals surface area contributed by atoms with Crippen molar-refractivity contribution in [2.45, 2.75) is 19.3 Å². The van der Waals surface area contributed by atoms with E-state index in [1.165, 1.54) is 38.7 Å². The molecule has 4 rings (SSSR count). The topological polar surface area (TPSA) is 70.0 Å². The predicted molar refractivity (Wildman–Crippen MR) is 118 cm³/mol. The molecule has 0 aromatic carbocycles. The molecule has 0 aliphatic heterocycles. The van der Waals surface area contributed by atoms with Crippen LogP contribution in [0.3, 0.4) is 0 Å². The van der Waals surface area contributed by atoms with E-state index in [1.807, 2.05) is 13.8 Å². The third-order valence-electron chi connectivity index (χ3n) is 5.25. The van der Waals surface area contributed by atoms with Crippen molar-refractivity contribution in [3.63, 3.8) is 0 Å². The van der Waals surface area contributed by atoms with Gasteiger partial charge in [-0.05, 0) is 37.4 Å². The van der Waals surface area contributed by atoms with E-state index in [9.17, 15) is 8.78 Å². The molecule has 0 N–H and O–H groups in total. The smallest absolute Gasteiger partial charge is 0.497 e. The summed E-state index contributed by atoms with van der Waals surface area (Å²) in [7, 11) is 3.03. The number of nitrogens with zero attached hydrogens (tertiary/aromatic N) is 4. The molecular weight excluding hydrogens is 621 g/mol. The molecule has 0 atom stereocenters. The summed E-state index contributed by atoms with van der Waals surface area (Å²) >= 11 is 0. The Morgan fingerprint density at radius 1 is 0.735 bits per heavy atom. The molecule has 9 heteroatoms. The SMILES string of the molecule is COc1cc(-c2[c-]ccnc2F)nc(C(C)(C)c2cc(OC)cc(-c3[c-]ccnc3F)n2)c1.[Pt+2]. The van der Waals surface area contributed by atoms with Crippen molar-refractivity contribution in [2.24, 2.45) is 0 Å². The molecule has 0 aliphatic carbocycles. The Bertz CT molecular complexity index is 1220. The van der Waals surface area contributed by atoms with Crippen molar-refractivity contribution < 1.29 is 39.3 Å². The molecule has 0 amide bonds. The summed E-state index contributed by atoms with van der Waals surface area (Å²) in [5.74, 6) is -0.415. The zero-order valence-corrected chi connectivity index (χ0v) is 21.1. The van der Waals surface area contributed by atoms with E-state index in [4.69, 9.17) is 9.47 Å². The van der Waals surface area contributed by atoms with Crippen LogP contribution in [0.1, 0.15) is 25.2 Å². The molecule has 0 fully saturated rings. The van der Waals surface area contributed by atoms with Crippen molar-refractivity contribution in [3.8, 4) is 34.0 Å². The Morgan fingerprint density at radius 2 is 1.15 bits per heavy atom. The number of pyridine rings is 4. The number of halogens is 2. The molecule has 0 saturated heterocycles. The van der Waals surface area contributed by atoms with Gasteiger partial charge in [0.05, 0.1) is 14.2 Å². The molecule has 6 nitrogen and oxygen atoms in total. The van der Waals surface area contributed by atoms with Crippen molar-refractivity contribution in [1.82, 2.24) is 19.9 Å². The molecule has 0 spiro atoms. The fourth-order valence-corrected chi connectivity index (χ4v) is 3.33. The van der Waals surface area contributed by atoms with Gasteiger partial charge >= 0.3 is 21.1 Å². The number of ether oxygens (including phenoxy) is 2. The minimum atomic E-state index is -0.802. The Labute approximate surface area is 210 Å². The third-order valence-corrected chi connectivity index (χ3v) is 5.25. The second-order valence-electron chi connectivity index (χ2n) is 7.69. The molecular formula is C25H20F2N4O2Pt. The fourth-order valence-electron chi connectivity index (χ4n) is 3.33. The van der Waals surface area contributed by atoms with Gasteiger partial charge in [0, 0.05) is 28.9 Å². The van der Waals surface area contributed by atoms with Gasteiger partial charge in [0.15, 0.2) is 0 Å². The fraction of sp³-hybridized carbons (Fsp3) is 0.200. The van der Waals surface area contributed by atoms with Crippen LogP contribution in [0.15, 0.2) is 48.8 Å². The summed E-state index contributed by atoms with van der Waals surface area (Å²) in [5.41, 5.74) is 1.19. The van der Waals surface area contributed by atoms with Gasteiger partial charge in [0.2, 0.25) is 0 Å². The molecule has 34 heavy (non-hydrogen) atoms. The largest absolute Gasteiger partial charge is 2.00 e. The van der Waals surface area contributed by atoms with E-state index in [0.717, 1.165) is 0 Å². The zero-order valence-electron chi connectivity index (χ0n) is 18.8. The summed E-state index contributed by atoms with van der Waals surface area (Å²) in [5, 5.41) is 0. The first kappa shape index (κ1) is 25.4. The number of methoxy groups -OCH3 is 2. The van der Waals surface area contributed by atoms with Crippen LogP contribution < -0.4 is 9.47 Å². The van der Waals surface area contributed by atoms with Crippen molar-refractivity contribution in [3.05, 3.63) is 84.2 Å². The van der Waals surface area contributed by atoms with Crippen molar-refractivity contribution >= 4 is 0 Å². The number of hydrogen-bond acceptors (Lipinski definition) is 6. The maximum atomic E-state index is 14.3. The van der Waals surface area contributed by atoms with Gasteiger partial charge in [0.25, 0.3) is 0 Å².